The molecule has 0 unspecified atom stereocenters. The van der Waals surface area contributed by atoms with Crippen molar-refractivity contribution in [2.45, 2.75) is 6.16 Å². The van der Waals surface area contributed by atoms with Crippen molar-refractivity contribution in [3.8, 4) is 0 Å². The van der Waals surface area contributed by atoms with Crippen LogP contribution in [0.4, 0.5) is 0 Å². The van der Waals surface area contributed by atoms with Gasteiger partial charge in [0.15, 0.2) is 0 Å². The maximum Gasteiger partial charge on any atom is 0.116 e. The molecular formula is C25H20Cl2P+. The van der Waals surface area contributed by atoms with Crippen LogP contribution in [0.3, 0.4) is 0 Å². The van der Waals surface area contributed by atoms with Gasteiger partial charge >= 0.3 is 0 Å². The molecule has 0 nitrogen and oxygen atoms in total. The Morgan fingerprint density at radius 2 is 0.857 bits per heavy atom. The van der Waals surface area contributed by atoms with Gasteiger partial charge in [-0.15, -0.1) is 0 Å². The number of rotatable bonds is 5. The van der Waals surface area contributed by atoms with Crippen LogP contribution in [-0.4, -0.2) is 0 Å². The van der Waals surface area contributed by atoms with Crippen molar-refractivity contribution in [2.75, 3.05) is 0 Å². The van der Waals surface area contributed by atoms with Crippen LogP contribution in [0.25, 0.3) is 0 Å². The van der Waals surface area contributed by atoms with E-state index in [-0.39, 0.29) is 0 Å². The van der Waals surface area contributed by atoms with Crippen molar-refractivity contribution in [2.24, 2.45) is 0 Å². The average molecular weight is 422 g/mol. The molecule has 0 saturated heterocycles. The normalized spacial score (nSPS) is 11.4. The molecule has 0 spiro atoms. The van der Waals surface area contributed by atoms with Crippen LogP contribution in [0, 0.1) is 0 Å². The van der Waals surface area contributed by atoms with Gasteiger partial charge in [-0.25, -0.2) is 0 Å². The Morgan fingerprint density at radius 3 is 1.21 bits per heavy atom. The lowest BCUT2D eigenvalue weighted by molar-refractivity contribution is 1.39. The average Bonchev–Trinajstić information content (AvgIpc) is 2.73. The molecule has 0 amide bonds. The summed E-state index contributed by atoms with van der Waals surface area (Å²) in [6.45, 7) is 0. The third-order valence-corrected chi connectivity index (χ3v) is 9.75. The van der Waals surface area contributed by atoms with Gasteiger partial charge in [-0.1, -0.05) is 77.8 Å². The summed E-state index contributed by atoms with van der Waals surface area (Å²) < 4.78 is 0. The lowest BCUT2D eigenvalue weighted by atomic mass is 10.2. The highest BCUT2D eigenvalue weighted by Gasteiger charge is 2.45. The van der Waals surface area contributed by atoms with E-state index < -0.39 is 7.26 Å². The molecule has 0 aliphatic rings. The van der Waals surface area contributed by atoms with Crippen molar-refractivity contribution < 1.29 is 0 Å². The topological polar surface area (TPSA) is 0 Å². The van der Waals surface area contributed by atoms with Crippen LogP contribution in [-0.2, 0) is 6.16 Å². The summed E-state index contributed by atoms with van der Waals surface area (Å²) in [7, 11) is -1.93. The highest BCUT2D eigenvalue weighted by molar-refractivity contribution is 7.95. The Labute approximate surface area is 177 Å². The zero-order chi connectivity index (χ0) is 19.4. The first-order valence-corrected chi connectivity index (χ1v) is 11.9. The van der Waals surface area contributed by atoms with E-state index in [1.54, 1.807) is 6.07 Å². The van der Waals surface area contributed by atoms with Crippen molar-refractivity contribution >= 4 is 46.4 Å². The molecule has 0 fully saturated rings. The molecule has 4 rings (SSSR count). The maximum atomic E-state index is 6.34. The zero-order valence-corrected chi connectivity index (χ0v) is 17.7. The number of halogens is 2. The predicted octanol–water partition coefficient (Wildman–Crippen LogP) is 6.49. The van der Waals surface area contributed by atoms with Crippen LogP contribution in [0.5, 0.6) is 0 Å². The molecule has 0 heterocycles. The van der Waals surface area contributed by atoms with Crippen LogP contribution in [0.15, 0.2) is 109 Å². The first-order valence-electron chi connectivity index (χ1n) is 9.18. The Kier molecular flexibility index (Phi) is 5.83. The molecule has 0 aliphatic heterocycles. The molecule has 0 aliphatic carbocycles. The summed E-state index contributed by atoms with van der Waals surface area (Å²) in [5.74, 6) is 0. The monoisotopic (exact) mass is 421 g/mol. The van der Waals surface area contributed by atoms with Gasteiger partial charge in [0.1, 0.15) is 23.2 Å². The van der Waals surface area contributed by atoms with Gasteiger partial charge in [0.2, 0.25) is 0 Å². The second-order valence-corrected chi connectivity index (χ2v) is 11.1. The SMILES string of the molecule is Clc1cc(Cl)cc(C[P+](c2ccccc2)(c2ccccc2)c2ccccc2)c1. The molecule has 0 N–H and O–H groups in total. The van der Waals surface area contributed by atoms with Gasteiger partial charge in [-0.05, 0) is 60.2 Å². The summed E-state index contributed by atoms with van der Waals surface area (Å²) in [4.78, 5) is 0. The van der Waals surface area contributed by atoms with Crippen molar-refractivity contribution in [1.29, 1.82) is 0 Å². The van der Waals surface area contributed by atoms with E-state index in [2.05, 4.69) is 91.0 Å². The summed E-state index contributed by atoms with van der Waals surface area (Å²) in [6, 6.07) is 38.3. The third-order valence-electron chi connectivity index (χ3n) is 4.93. The van der Waals surface area contributed by atoms with E-state index >= 15 is 0 Å². The van der Waals surface area contributed by atoms with E-state index in [1.807, 2.05) is 12.1 Å². The van der Waals surface area contributed by atoms with Crippen molar-refractivity contribution in [3.05, 3.63) is 125 Å². The Bertz CT molecular complexity index is 931. The van der Waals surface area contributed by atoms with Crippen LogP contribution in [0.2, 0.25) is 10.0 Å². The Hall–Kier alpha value is -2.11. The Balaban J connectivity index is 2.01. The number of benzene rings is 4. The van der Waals surface area contributed by atoms with E-state index in [0.29, 0.717) is 10.0 Å². The minimum absolute atomic E-state index is 0.676. The molecule has 138 valence electrons. The number of hydrogen-bond donors (Lipinski definition) is 0. The molecule has 0 bridgehead atoms. The minimum atomic E-state index is -1.93. The molecule has 4 aromatic rings. The number of hydrogen-bond acceptors (Lipinski definition) is 0. The van der Waals surface area contributed by atoms with Crippen LogP contribution >= 0.6 is 30.5 Å². The minimum Gasteiger partial charge on any atom is -0.0843 e. The molecular weight excluding hydrogens is 402 g/mol. The van der Waals surface area contributed by atoms with Gasteiger partial charge < -0.3 is 0 Å². The fraction of sp³-hybridized carbons (Fsp3) is 0.0400. The molecule has 4 aromatic carbocycles. The van der Waals surface area contributed by atoms with Gasteiger partial charge in [0, 0.05) is 10.0 Å². The van der Waals surface area contributed by atoms with Crippen molar-refractivity contribution in [1.82, 2.24) is 0 Å². The molecule has 3 heteroatoms. The summed E-state index contributed by atoms with van der Waals surface area (Å²) in [6.07, 6.45) is 0.866. The molecule has 0 saturated carbocycles. The van der Waals surface area contributed by atoms with Gasteiger partial charge in [0.05, 0.1) is 6.16 Å². The largest absolute Gasteiger partial charge is 0.116 e. The van der Waals surface area contributed by atoms with Crippen LogP contribution in [0.1, 0.15) is 5.56 Å². The molecule has 0 atom stereocenters. The smallest absolute Gasteiger partial charge is 0.0843 e. The van der Waals surface area contributed by atoms with Crippen molar-refractivity contribution in [3.63, 3.8) is 0 Å². The standard InChI is InChI=1S/C25H20Cl2P/c26-21-16-20(17-22(27)18-21)19-28(23-10-4-1-5-11-23,24-12-6-2-7-13-24)25-14-8-3-9-15-25/h1-18H,19H2/q+1. The summed E-state index contributed by atoms with van der Waals surface area (Å²) >= 11 is 12.7. The second-order valence-electron chi connectivity index (χ2n) is 6.75. The molecule has 28 heavy (non-hydrogen) atoms. The molecule has 0 radical (unpaired) electrons. The van der Waals surface area contributed by atoms with E-state index in [9.17, 15) is 0 Å². The van der Waals surface area contributed by atoms with Gasteiger partial charge in [-0.3, -0.25) is 0 Å². The second kappa shape index (κ2) is 8.50. The fourth-order valence-electron chi connectivity index (χ4n) is 3.74. The fourth-order valence-corrected chi connectivity index (χ4v) is 8.53. The molecule has 0 aromatic heterocycles. The van der Waals surface area contributed by atoms with E-state index in [4.69, 9.17) is 23.2 Å². The van der Waals surface area contributed by atoms with Crippen LogP contribution < -0.4 is 15.9 Å². The zero-order valence-electron chi connectivity index (χ0n) is 15.3. The summed E-state index contributed by atoms with van der Waals surface area (Å²) in [5.41, 5.74) is 1.15. The third kappa shape index (κ3) is 3.87. The van der Waals surface area contributed by atoms with E-state index in [1.165, 1.54) is 15.9 Å². The lowest BCUT2D eigenvalue weighted by Gasteiger charge is -2.28. The first-order chi connectivity index (χ1) is 13.7. The highest BCUT2D eigenvalue weighted by Crippen LogP contribution is 2.58. The summed E-state index contributed by atoms with van der Waals surface area (Å²) in [5, 5.41) is 5.40. The Morgan fingerprint density at radius 1 is 0.500 bits per heavy atom. The lowest BCUT2D eigenvalue weighted by Crippen LogP contribution is -2.32. The van der Waals surface area contributed by atoms with Gasteiger partial charge in [0.25, 0.3) is 0 Å². The maximum absolute atomic E-state index is 6.34. The van der Waals surface area contributed by atoms with Gasteiger partial charge in [-0.2, -0.15) is 0 Å². The van der Waals surface area contributed by atoms with E-state index in [0.717, 1.165) is 11.7 Å². The first kappa shape index (κ1) is 19.2. The quantitative estimate of drug-likeness (QED) is 0.323. The predicted molar refractivity (Wildman–Crippen MR) is 125 cm³/mol. The highest BCUT2D eigenvalue weighted by atomic mass is 35.5.